The zero-order valence-electron chi connectivity index (χ0n) is 9.05. The van der Waals surface area contributed by atoms with Gasteiger partial charge in [-0.05, 0) is 24.1 Å². The molecular formula is C11H16FNOS. The summed E-state index contributed by atoms with van der Waals surface area (Å²) in [6, 6.07) is 5.20. The average molecular weight is 229 g/mol. The molecule has 0 radical (unpaired) electrons. The van der Waals surface area contributed by atoms with Crippen LogP contribution in [0.5, 0.6) is 0 Å². The predicted octanol–water partition coefficient (Wildman–Crippen LogP) is 1.60. The molecule has 1 N–H and O–H groups in total. The van der Waals surface area contributed by atoms with Gasteiger partial charge in [0.25, 0.3) is 0 Å². The van der Waals surface area contributed by atoms with Gasteiger partial charge in [-0.25, -0.2) is 4.39 Å². The van der Waals surface area contributed by atoms with Gasteiger partial charge in [-0.15, -0.1) is 0 Å². The van der Waals surface area contributed by atoms with Crippen LogP contribution in [0.3, 0.4) is 0 Å². The third kappa shape index (κ3) is 4.53. The molecule has 1 rings (SSSR count). The zero-order chi connectivity index (χ0) is 11.3. The minimum atomic E-state index is -0.768. The van der Waals surface area contributed by atoms with Crippen molar-refractivity contribution in [3.8, 4) is 0 Å². The maximum absolute atomic E-state index is 13.1. The van der Waals surface area contributed by atoms with E-state index in [1.807, 2.05) is 6.07 Å². The molecule has 0 fully saturated rings. The second-order valence-electron chi connectivity index (χ2n) is 3.54. The van der Waals surface area contributed by atoms with Gasteiger partial charge in [0.2, 0.25) is 0 Å². The van der Waals surface area contributed by atoms with E-state index in [0.717, 1.165) is 5.56 Å². The minimum absolute atomic E-state index is 0.173. The van der Waals surface area contributed by atoms with Gasteiger partial charge in [0.15, 0.2) is 0 Å². The number of halogens is 1. The van der Waals surface area contributed by atoms with Gasteiger partial charge in [-0.2, -0.15) is 0 Å². The Hall–Kier alpha value is -0.740. The van der Waals surface area contributed by atoms with E-state index in [4.69, 9.17) is 0 Å². The number of hydrogen-bond donors (Lipinski definition) is 1. The molecule has 0 saturated carbocycles. The molecule has 0 aliphatic rings. The van der Waals surface area contributed by atoms with Crippen molar-refractivity contribution in [3.05, 3.63) is 35.1 Å². The largest absolute Gasteiger partial charge is 0.312 e. The molecule has 1 aromatic rings. The molecule has 1 aromatic carbocycles. The van der Waals surface area contributed by atoms with Gasteiger partial charge < -0.3 is 5.32 Å². The van der Waals surface area contributed by atoms with Gasteiger partial charge in [0, 0.05) is 35.9 Å². The van der Waals surface area contributed by atoms with Gasteiger partial charge in [-0.1, -0.05) is 12.1 Å². The summed E-state index contributed by atoms with van der Waals surface area (Å²) in [4.78, 5) is 0. The molecule has 0 heterocycles. The van der Waals surface area contributed by atoms with E-state index in [1.54, 1.807) is 19.2 Å². The standard InChI is InChI=1S/C11H16FNOS/c1-9-3-4-10(7-11(9)12)8-13-5-6-15(2)14/h3-4,7,13H,5-6,8H2,1-2H3/t15-/m1/s1. The summed E-state index contributed by atoms with van der Waals surface area (Å²) in [7, 11) is -0.768. The monoisotopic (exact) mass is 229 g/mol. The number of nitrogens with one attached hydrogen (secondary N) is 1. The highest BCUT2D eigenvalue weighted by Gasteiger charge is 1.99. The van der Waals surface area contributed by atoms with Crippen LogP contribution in [-0.2, 0) is 17.3 Å². The normalized spacial score (nSPS) is 12.7. The highest BCUT2D eigenvalue weighted by Crippen LogP contribution is 2.08. The molecule has 0 aliphatic heterocycles. The topological polar surface area (TPSA) is 29.1 Å². The molecule has 2 nitrogen and oxygen atoms in total. The van der Waals surface area contributed by atoms with Crippen LogP contribution in [0.25, 0.3) is 0 Å². The Morgan fingerprint density at radius 2 is 2.20 bits per heavy atom. The highest BCUT2D eigenvalue weighted by molar-refractivity contribution is 7.84. The van der Waals surface area contributed by atoms with Crippen molar-refractivity contribution in [3.63, 3.8) is 0 Å². The molecule has 1 atom stereocenters. The van der Waals surface area contributed by atoms with Gasteiger partial charge in [-0.3, -0.25) is 4.21 Å². The van der Waals surface area contributed by atoms with Crippen molar-refractivity contribution in [2.75, 3.05) is 18.6 Å². The summed E-state index contributed by atoms with van der Waals surface area (Å²) in [6.07, 6.45) is 1.67. The maximum Gasteiger partial charge on any atom is 0.126 e. The third-order valence-corrected chi connectivity index (χ3v) is 2.91. The summed E-state index contributed by atoms with van der Waals surface area (Å²) >= 11 is 0. The fourth-order valence-corrected chi connectivity index (χ4v) is 1.63. The predicted molar refractivity (Wildman–Crippen MR) is 61.8 cm³/mol. The molecule has 15 heavy (non-hydrogen) atoms. The lowest BCUT2D eigenvalue weighted by atomic mass is 10.1. The van der Waals surface area contributed by atoms with E-state index in [1.165, 1.54) is 6.07 Å². The first-order valence-corrected chi connectivity index (χ1v) is 6.58. The summed E-state index contributed by atoms with van der Waals surface area (Å²) in [6.45, 7) is 3.06. The SMILES string of the molecule is Cc1ccc(CNCC[S@@](C)=O)cc1F. The molecule has 0 saturated heterocycles. The Balaban J connectivity index is 2.38. The van der Waals surface area contributed by atoms with Crippen LogP contribution in [0.4, 0.5) is 4.39 Å². The van der Waals surface area contributed by atoms with Gasteiger partial charge in [0.1, 0.15) is 5.82 Å². The van der Waals surface area contributed by atoms with E-state index in [-0.39, 0.29) is 5.82 Å². The first-order valence-electron chi connectivity index (χ1n) is 4.85. The number of hydrogen-bond acceptors (Lipinski definition) is 2. The van der Waals surface area contributed by atoms with E-state index in [9.17, 15) is 8.60 Å². The smallest absolute Gasteiger partial charge is 0.126 e. The van der Waals surface area contributed by atoms with Crippen LogP contribution in [0.15, 0.2) is 18.2 Å². The van der Waals surface area contributed by atoms with Gasteiger partial charge in [0.05, 0.1) is 0 Å². The van der Waals surface area contributed by atoms with E-state index in [2.05, 4.69) is 5.32 Å². The van der Waals surface area contributed by atoms with Crippen molar-refractivity contribution in [1.29, 1.82) is 0 Å². The molecule has 4 heteroatoms. The fourth-order valence-electron chi connectivity index (χ4n) is 1.19. The van der Waals surface area contributed by atoms with E-state index in [0.29, 0.717) is 24.4 Å². The second-order valence-corrected chi connectivity index (χ2v) is 5.09. The maximum atomic E-state index is 13.1. The van der Waals surface area contributed by atoms with E-state index < -0.39 is 10.8 Å². The quantitative estimate of drug-likeness (QED) is 0.777. The van der Waals surface area contributed by atoms with E-state index >= 15 is 0 Å². The van der Waals surface area contributed by atoms with Crippen molar-refractivity contribution < 1.29 is 8.60 Å². The molecule has 84 valence electrons. The fraction of sp³-hybridized carbons (Fsp3) is 0.455. The highest BCUT2D eigenvalue weighted by atomic mass is 32.2. The average Bonchev–Trinajstić information content (AvgIpc) is 2.18. The van der Waals surface area contributed by atoms with Crippen LogP contribution >= 0.6 is 0 Å². The molecule has 0 amide bonds. The Labute approximate surface area is 92.3 Å². The Morgan fingerprint density at radius 3 is 2.80 bits per heavy atom. The summed E-state index contributed by atoms with van der Waals surface area (Å²) in [5.74, 6) is 0.460. The molecule has 0 aliphatic carbocycles. The van der Waals surface area contributed by atoms with Crippen LogP contribution in [-0.4, -0.2) is 22.8 Å². The van der Waals surface area contributed by atoms with Crippen LogP contribution < -0.4 is 5.32 Å². The number of benzene rings is 1. The minimum Gasteiger partial charge on any atom is -0.312 e. The zero-order valence-corrected chi connectivity index (χ0v) is 9.86. The first kappa shape index (κ1) is 12.3. The lowest BCUT2D eigenvalue weighted by Crippen LogP contribution is -2.19. The molecule has 0 bridgehead atoms. The van der Waals surface area contributed by atoms with Crippen molar-refractivity contribution in [2.45, 2.75) is 13.5 Å². The first-order chi connectivity index (χ1) is 7.09. The second kappa shape index (κ2) is 5.98. The van der Waals surface area contributed by atoms with Crippen molar-refractivity contribution >= 4 is 10.8 Å². The van der Waals surface area contributed by atoms with Crippen LogP contribution in [0.1, 0.15) is 11.1 Å². The molecule has 0 aromatic heterocycles. The molecular weight excluding hydrogens is 213 g/mol. The van der Waals surface area contributed by atoms with Gasteiger partial charge >= 0.3 is 0 Å². The lowest BCUT2D eigenvalue weighted by Gasteiger charge is -2.05. The van der Waals surface area contributed by atoms with Crippen molar-refractivity contribution in [2.24, 2.45) is 0 Å². The lowest BCUT2D eigenvalue weighted by molar-refractivity contribution is 0.612. The molecule has 0 unspecified atom stereocenters. The van der Waals surface area contributed by atoms with Crippen molar-refractivity contribution in [1.82, 2.24) is 5.32 Å². The summed E-state index contributed by atoms with van der Waals surface area (Å²) in [5.41, 5.74) is 1.58. The number of rotatable bonds is 5. The van der Waals surface area contributed by atoms with Crippen LogP contribution in [0, 0.1) is 12.7 Å². The Bertz CT molecular complexity index is 354. The molecule has 0 spiro atoms. The Morgan fingerprint density at radius 1 is 1.47 bits per heavy atom. The Kier molecular flexibility index (Phi) is 4.91. The summed E-state index contributed by atoms with van der Waals surface area (Å²) < 4.78 is 23.9. The third-order valence-electron chi connectivity index (χ3n) is 2.13. The van der Waals surface area contributed by atoms with Crippen LogP contribution in [0.2, 0.25) is 0 Å². The number of aryl methyl sites for hydroxylation is 1. The summed E-state index contributed by atoms with van der Waals surface area (Å²) in [5, 5.41) is 3.12.